The first-order valence-corrected chi connectivity index (χ1v) is 9.32. The zero-order valence-corrected chi connectivity index (χ0v) is 16.1. The van der Waals surface area contributed by atoms with Gasteiger partial charge in [-0.15, -0.1) is 10.2 Å². The van der Waals surface area contributed by atoms with Crippen LogP contribution in [0, 0.1) is 6.92 Å². The van der Waals surface area contributed by atoms with Gasteiger partial charge in [0.15, 0.2) is 0 Å². The smallest absolute Gasteiger partial charge is 0.349 e. The lowest BCUT2D eigenvalue weighted by molar-refractivity contribution is 0.547. The van der Waals surface area contributed by atoms with Crippen LogP contribution < -0.4 is 10.5 Å². The van der Waals surface area contributed by atoms with Crippen LogP contribution in [-0.4, -0.2) is 23.3 Å². The Morgan fingerprint density at radius 3 is 2.32 bits per heavy atom. The summed E-state index contributed by atoms with van der Waals surface area (Å²) in [6, 6.07) is 15.3. The number of anilines is 1. The molecule has 0 aliphatic rings. The molecule has 2 aromatic carbocycles. The molecule has 0 spiro atoms. The van der Waals surface area contributed by atoms with Crippen molar-refractivity contribution in [2.24, 2.45) is 0 Å². The Morgan fingerprint density at radius 1 is 0.893 bits per heavy atom. The number of hydrogen-bond donors (Lipinski definition) is 0. The normalized spacial score (nSPS) is 11.1. The van der Waals surface area contributed by atoms with Crippen molar-refractivity contribution >= 4 is 16.7 Å². The summed E-state index contributed by atoms with van der Waals surface area (Å²) in [6.45, 7) is 7.96. The fourth-order valence-electron chi connectivity index (χ4n) is 3.18. The average molecular weight is 375 g/mol. The van der Waals surface area contributed by atoms with Crippen molar-refractivity contribution in [3.8, 4) is 22.9 Å². The van der Waals surface area contributed by atoms with E-state index >= 15 is 0 Å². The second kappa shape index (κ2) is 7.31. The van der Waals surface area contributed by atoms with Gasteiger partial charge in [-0.1, -0.05) is 17.7 Å². The third-order valence-corrected chi connectivity index (χ3v) is 4.80. The maximum absolute atomic E-state index is 12.5. The van der Waals surface area contributed by atoms with E-state index in [0.29, 0.717) is 11.5 Å². The van der Waals surface area contributed by atoms with E-state index in [4.69, 9.17) is 8.83 Å². The molecule has 0 saturated carbocycles. The highest BCUT2D eigenvalue weighted by atomic mass is 16.4. The van der Waals surface area contributed by atoms with Crippen LogP contribution in [0.2, 0.25) is 0 Å². The van der Waals surface area contributed by atoms with Gasteiger partial charge in [-0.3, -0.25) is 0 Å². The quantitative estimate of drug-likeness (QED) is 0.472. The Morgan fingerprint density at radius 2 is 1.61 bits per heavy atom. The second-order valence-corrected chi connectivity index (χ2v) is 6.62. The lowest BCUT2D eigenvalue weighted by Gasteiger charge is -2.20. The van der Waals surface area contributed by atoms with Crippen LogP contribution in [0.5, 0.6) is 0 Å². The molecule has 4 rings (SSSR count). The predicted molar refractivity (Wildman–Crippen MR) is 110 cm³/mol. The van der Waals surface area contributed by atoms with Gasteiger partial charge in [0.2, 0.25) is 5.89 Å². The molecule has 28 heavy (non-hydrogen) atoms. The van der Waals surface area contributed by atoms with Gasteiger partial charge in [-0.05, 0) is 51.1 Å². The minimum Gasteiger partial charge on any atom is -0.422 e. The summed E-state index contributed by atoms with van der Waals surface area (Å²) >= 11 is 0. The van der Waals surface area contributed by atoms with E-state index in [0.717, 1.165) is 35.3 Å². The molecule has 0 aliphatic heterocycles. The fraction of sp³-hybridized carbons (Fsp3) is 0.227. The largest absolute Gasteiger partial charge is 0.422 e. The monoisotopic (exact) mass is 375 g/mol. The first-order chi connectivity index (χ1) is 13.6. The van der Waals surface area contributed by atoms with Gasteiger partial charge >= 0.3 is 5.63 Å². The van der Waals surface area contributed by atoms with Crippen molar-refractivity contribution in [3.05, 3.63) is 64.5 Å². The number of nitrogens with zero attached hydrogens (tertiary/aromatic N) is 3. The minimum atomic E-state index is -0.497. The maximum Gasteiger partial charge on any atom is 0.349 e. The predicted octanol–water partition coefficient (Wildman–Crippen LogP) is 4.66. The number of rotatable bonds is 5. The second-order valence-electron chi connectivity index (χ2n) is 6.62. The van der Waals surface area contributed by atoms with Crippen molar-refractivity contribution in [3.63, 3.8) is 0 Å². The first-order valence-electron chi connectivity index (χ1n) is 9.32. The van der Waals surface area contributed by atoms with Crippen LogP contribution in [0.4, 0.5) is 5.69 Å². The molecule has 2 aromatic heterocycles. The minimum absolute atomic E-state index is 0.152. The highest BCUT2D eigenvalue weighted by molar-refractivity contribution is 5.83. The van der Waals surface area contributed by atoms with Crippen LogP contribution in [0.3, 0.4) is 0 Å². The molecule has 0 unspecified atom stereocenters. The molecule has 4 aromatic rings. The van der Waals surface area contributed by atoms with Crippen LogP contribution in [0.1, 0.15) is 19.4 Å². The van der Waals surface area contributed by atoms with Crippen LogP contribution in [-0.2, 0) is 0 Å². The van der Waals surface area contributed by atoms with Crippen LogP contribution in [0.15, 0.2) is 62.2 Å². The lowest BCUT2D eigenvalue weighted by atomic mass is 10.1. The van der Waals surface area contributed by atoms with Crippen molar-refractivity contribution in [2.75, 3.05) is 18.0 Å². The Labute approximate surface area is 162 Å². The molecule has 0 N–H and O–H groups in total. The molecular weight excluding hydrogens is 354 g/mol. The number of fused-ring (bicyclic) bond motifs is 1. The van der Waals surface area contributed by atoms with Gasteiger partial charge in [0.05, 0.1) is 0 Å². The number of aryl methyl sites for hydroxylation is 1. The maximum atomic E-state index is 12.5. The molecule has 142 valence electrons. The standard InChI is InChI=1S/C22H21N3O3/c1-4-25(5-2)17-11-10-16-12-18(22(26)27-19(16)13-17)21-24-23-20(28-21)15-8-6-14(3)7-9-15/h6-13H,4-5H2,1-3H3. The number of aromatic nitrogens is 2. The molecule has 6 nitrogen and oxygen atoms in total. The van der Waals surface area contributed by atoms with E-state index in [9.17, 15) is 4.79 Å². The topological polar surface area (TPSA) is 72.4 Å². The molecule has 6 heteroatoms. The number of hydrogen-bond acceptors (Lipinski definition) is 6. The first kappa shape index (κ1) is 18.0. The summed E-state index contributed by atoms with van der Waals surface area (Å²) in [4.78, 5) is 14.7. The summed E-state index contributed by atoms with van der Waals surface area (Å²) in [6.07, 6.45) is 0. The Kier molecular flexibility index (Phi) is 4.69. The molecule has 0 atom stereocenters. The fourth-order valence-corrected chi connectivity index (χ4v) is 3.18. The van der Waals surface area contributed by atoms with E-state index < -0.39 is 5.63 Å². The molecule has 0 fully saturated rings. The van der Waals surface area contributed by atoms with Crippen molar-refractivity contribution in [2.45, 2.75) is 20.8 Å². The summed E-state index contributed by atoms with van der Waals surface area (Å²) in [5.41, 5.74) is 3.27. The van der Waals surface area contributed by atoms with Gasteiger partial charge in [-0.2, -0.15) is 0 Å². The van der Waals surface area contributed by atoms with Crippen molar-refractivity contribution in [1.82, 2.24) is 10.2 Å². The lowest BCUT2D eigenvalue weighted by Crippen LogP contribution is -2.21. The summed E-state index contributed by atoms with van der Waals surface area (Å²) in [7, 11) is 0. The highest BCUT2D eigenvalue weighted by Gasteiger charge is 2.16. The van der Waals surface area contributed by atoms with Gasteiger partial charge < -0.3 is 13.7 Å². The Bertz CT molecular complexity index is 1170. The van der Waals surface area contributed by atoms with Crippen LogP contribution >= 0.6 is 0 Å². The van der Waals surface area contributed by atoms with Gasteiger partial charge in [0, 0.05) is 35.8 Å². The third kappa shape index (κ3) is 3.29. The Hall–Kier alpha value is -3.41. The van der Waals surface area contributed by atoms with Gasteiger partial charge in [0.25, 0.3) is 5.89 Å². The van der Waals surface area contributed by atoms with E-state index in [1.165, 1.54) is 0 Å². The average Bonchev–Trinajstić information content (AvgIpc) is 3.19. The summed E-state index contributed by atoms with van der Waals surface area (Å²) in [5, 5.41) is 8.92. The molecule has 0 radical (unpaired) electrons. The van der Waals surface area contributed by atoms with Gasteiger partial charge in [-0.25, -0.2) is 4.79 Å². The zero-order chi connectivity index (χ0) is 19.7. The Balaban J connectivity index is 1.73. The van der Waals surface area contributed by atoms with E-state index in [1.54, 1.807) is 6.07 Å². The van der Waals surface area contributed by atoms with E-state index in [2.05, 4.69) is 28.9 Å². The van der Waals surface area contributed by atoms with Gasteiger partial charge in [0.1, 0.15) is 11.1 Å². The summed E-state index contributed by atoms with van der Waals surface area (Å²) in [5.74, 6) is 0.519. The molecule has 0 saturated heterocycles. The highest BCUT2D eigenvalue weighted by Crippen LogP contribution is 2.26. The molecule has 0 amide bonds. The van der Waals surface area contributed by atoms with E-state index in [1.807, 2.05) is 49.4 Å². The molecule has 2 heterocycles. The molecule has 0 aliphatic carbocycles. The van der Waals surface area contributed by atoms with Crippen LogP contribution in [0.25, 0.3) is 33.9 Å². The molecular formula is C22H21N3O3. The summed E-state index contributed by atoms with van der Waals surface area (Å²) < 4.78 is 11.3. The molecule has 0 bridgehead atoms. The van der Waals surface area contributed by atoms with Crippen molar-refractivity contribution in [1.29, 1.82) is 0 Å². The van der Waals surface area contributed by atoms with Crippen molar-refractivity contribution < 1.29 is 8.83 Å². The zero-order valence-electron chi connectivity index (χ0n) is 16.1. The SMILES string of the molecule is CCN(CC)c1ccc2cc(-c3nnc(-c4ccc(C)cc4)o3)c(=O)oc2c1. The third-order valence-electron chi connectivity index (χ3n) is 4.80. The number of benzene rings is 2. The van der Waals surface area contributed by atoms with E-state index in [-0.39, 0.29) is 11.5 Å².